The molecule has 0 aliphatic rings. The van der Waals surface area contributed by atoms with Crippen molar-refractivity contribution in [1.82, 2.24) is 0 Å². The van der Waals surface area contributed by atoms with Crippen LogP contribution in [0.25, 0.3) is 6.08 Å². The average molecular weight is 283 g/mol. The van der Waals surface area contributed by atoms with Gasteiger partial charge < -0.3 is 4.90 Å². The van der Waals surface area contributed by atoms with Crippen LogP contribution in [0.2, 0.25) is 0 Å². The van der Waals surface area contributed by atoms with Gasteiger partial charge in [0.2, 0.25) is 0 Å². The number of nitrogens with one attached hydrogen (secondary N) is 1. The molecule has 4 nitrogen and oxygen atoms in total. The fraction of sp³-hybridized carbons (Fsp3) is 0.176. The summed E-state index contributed by atoms with van der Waals surface area (Å²) >= 11 is 0. The molecular formula is C17H19N2O2+. The third kappa shape index (κ3) is 4.54. The minimum absolute atomic E-state index is 0.148. The lowest BCUT2D eigenvalue weighted by Gasteiger charge is -2.11. The average Bonchev–Trinajstić information content (AvgIpc) is 2.48. The molecule has 1 N–H and O–H groups in total. The molecule has 0 bridgehead atoms. The first-order chi connectivity index (χ1) is 10.2. The molecule has 0 spiro atoms. The number of nitro groups is 1. The molecule has 0 amide bonds. The van der Waals surface area contributed by atoms with Gasteiger partial charge in [0.05, 0.1) is 24.1 Å². The van der Waals surface area contributed by atoms with Crippen LogP contribution in [0.3, 0.4) is 0 Å². The third-order valence-electron chi connectivity index (χ3n) is 3.25. The molecule has 108 valence electrons. The summed E-state index contributed by atoms with van der Waals surface area (Å²) in [6.45, 7) is 1.75. The van der Waals surface area contributed by atoms with E-state index in [1.807, 2.05) is 36.4 Å². The minimum Gasteiger partial charge on any atom is -0.330 e. The van der Waals surface area contributed by atoms with Crippen molar-refractivity contribution in [2.24, 2.45) is 0 Å². The molecule has 1 unspecified atom stereocenters. The molecule has 0 aromatic heterocycles. The summed E-state index contributed by atoms with van der Waals surface area (Å²) in [6, 6.07) is 17.1. The van der Waals surface area contributed by atoms with Crippen LogP contribution in [0.5, 0.6) is 0 Å². The van der Waals surface area contributed by atoms with Gasteiger partial charge >= 0.3 is 0 Å². The van der Waals surface area contributed by atoms with Gasteiger partial charge in [-0.25, -0.2) is 0 Å². The van der Waals surface area contributed by atoms with Gasteiger partial charge in [-0.3, -0.25) is 10.1 Å². The summed E-state index contributed by atoms with van der Waals surface area (Å²) in [4.78, 5) is 11.9. The number of hydrogen-bond donors (Lipinski definition) is 1. The Hall–Kier alpha value is -2.46. The number of nitro benzene ring substituents is 1. The molecular weight excluding hydrogens is 264 g/mol. The number of quaternary nitrogens is 1. The highest BCUT2D eigenvalue weighted by atomic mass is 16.6. The molecule has 2 aromatic carbocycles. The van der Waals surface area contributed by atoms with Crippen LogP contribution in [0.1, 0.15) is 11.1 Å². The number of likely N-dealkylation sites (N-methyl/N-ethyl adjacent to an activating group) is 1. The van der Waals surface area contributed by atoms with Gasteiger partial charge in [-0.1, -0.05) is 42.5 Å². The second-order valence-electron chi connectivity index (χ2n) is 5.04. The second kappa shape index (κ2) is 7.36. The molecule has 2 rings (SSSR count). The van der Waals surface area contributed by atoms with Crippen molar-refractivity contribution in [3.63, 3.8) is 0 Å². The van der Waals surface area contributed by atoms with E-state index in [2.05, 4.69) is 19.2 Å². The van der Waals surface area contributed by atoms with E-state index in [0.29, 0.717) is 5.56 Å². The molecule has 0 saturated heterocycles. The summed E-state index contributed by atoms with van der Waals surface area (Å²) < 4.78 is 0. The fourth-order valence-electron chi connectivity index (χ4n) is 2.20. The molecule has 0 aliphatic carbocycles. The standard InChI is InChI=1S/C17H18N2O2/c1-18(14-15-8-3-2-4-9-15)13-7-11-16-10-5-6-12-17(16)19(20)21/h2-12H,13-14H2,1H3/p+1/b11-7+. The van der Waals surface area contributed by atoms with E-state index in [-0.39, 0.29) is 10.6 Å². The van der Waals surface area contributed by atoms with Gasteiger partial charge in [-0.15, -0.1) is 0 Å². The maximum atomic E-state index is 10.9. The normalized spacial score (nSPS) is 12.4. The first-order valence-corrected chi connectivity index (χ1v) is 6.92. The number of benzene rings is 2. The van der Waals surface area contributed by atoms with E-state index in [1.165, 1.54) is 16.5 Å². The van der Waals surface area contributed by atoms with Crippen LogP contribution in [-0.2, 0) is 6.54 Å². The summed E-state index contributed by atoms with van der Waals surface area (Å²) in [7, 11) is 2.11. The van der Waals surface area contributed by atoms with Crippen LogP contribution in [0.4, 0.5) is 5.69 Å². The van der Waals surface area contributed by atoms with E-state index in [1.54, 1.807) is 12.1 Å². The Balaban J connectivity index is 1.95. The van der Waals surface area contributed by atoms with Crippen LogP contribution in [0.15, 0.2) is 60.7 Å². The predicted molar refractivity (Wildman–Crippen MR) is 84.0 cm³/mol. The van der Waals surface area contributed by atoms with Gasteiger partial charge in [-0.2, -0.15) is 0 Å². The molecule has 2 aromatic rings. The van der Waals surface area contributed by atoms with E-state index in [4.69, 9.17) is 0 Å². The van der Waals surface area contributed by atoms with Gasteiger partial charge in [0, 0.05) is 11.6 Å². The van der Waals surface area contributed by atoms with Gasteiger partial charge in [0.15, 0.2) is 0 Å². The van der Waals surface area contributed by atoms with E-state index in [9.17, 15) is 10.1 Å². The van der Waals surface area contributed by atoms with E-state index < -0.39 is 0 Å². The Labute approximate surface area is 124 Å². The van der Waals surface area contributed by atoms with Crippen LogP contribution in [0, 0.1) is 10.1 Å². The molecule has 0 fully saturated rings. The molecule has 21 heavy (non-hydrogen) atoms. The van der Waals surface area contributed by atoms with E-state index >= 15 is 0 Å². The van der Waals surface area contributed by atoms with Crippen molar-refractivity contribution in [3.8, 4) is 0 Å². The molecule has 4 heteroatoms. The van der Waals surface area contributed by atoms with Crippen molar-refractivity contribution in [2.75, 3.05) is 13.6 Å². The van der Waals surface area contributed by atoms with Crippen molar-refractivity contribution < 1.29 is 9.82 Å². The zero-order valence-corrected chi connectivity index (χ0v) is 12.0. The molecule has 0 saturated carbocycles. The summed E-state index contributed by atoms with van der Waals surface area (Å²) in [5, 5.41) is 10.9. The molecule has 0 radical (unpaired) electrons. The fourth-order valence-corrected chi connectivity index (χ4v) is 2.20. The van der Waals surface area contributed by atoms with Gasteiger partial charge in [0.25, 0.3) is 5.69 Å². The molecule has 1 atom stereocenters. The zero-order chi connectivity index (χ0) is 15.1. The Morgan fingerprint density at radius 1 is 1.10 bits per heavy atom. The summed E-state index contributed by atoms with van der Waals surface area (Å²) in [5.41, 5.74) is 2.08. The van der Waals surface area contributed by atoms with Crippen LogP contribution >= 0.6 is 0 Å². The van der Waals surface area contributed by atoms with Gasteiger partial charge in [0.1, 0.15) is 6.54 Å². The Morgan fingerprint density at radius 2 is 1.76 bits per heavy atom. The monoisotopic (exact) mass is 283 g/mol. The first-order valence-electron chi connectivity index (χ1n) is 6.92. The minimum atomic E-state index is -0.347. The van der Waals surface area contributed by atoms with Crippen molar-refractivity contribution in [2.45, 2.75) is 6.54 Å². The Morgan fingerprint density at radius 3 is 2.48 bits per heavy atom. The SMILES string of the molecule is C[NH+](C/C=C/c1ccccc1[N+](=O)[O-])Cc1ccccc1. The highest BCUT2D eigenvalue weighted by Gasteiger charge is 2.09. The number of para-hydroxylation sites is 1. The largest absolute Gasteiger partial charge is 0.330 e. The predicted octanol–water partition coefficient (Wildman–Crippen LogP) is 2.32. The maximum Gasteiger partial charge on any atom is 0.276 e. The summed E-state index contributed by atoms with van der Waals surface area (Å²) in [6.07, 6.45) is 3.81. The third-order valence-corrected chi connectivity index (χ3v) is 3.25. The lowest BCUT2D eigenvalue weighted by Crippen LogP contribution is -3.07. The number of hydrogen-bond acceptors (Lipinski definition) is 2. The van der Waals surface area contributed by atoms with Crippen LogP contribution < -0.4 is 4.90 Å². The van der Waals surface area contributed by atoms with Crippen molar-refractivity contribution >= 4 is 11.8 Å². The highest BCUT2D eigenvalue weighted by Crippen LogP contribution is 2.18. The highest BCUT2D eigenvalue weighted by molar-refractivity contribution is 5.60. The van der Waals surface area contributed by atoms with E-state index in [0.717, 1.165) is 13.1 Å². The van der Waals surface area contributed by atoms with Crippen molar-refractivity contribution in [1.29, 1.82) is 0 Å². The topological polar surface area (TPSA) is 47.6 Å². The van der Waals surface area contributed by atoms with Crippen LogP contribution in [-0.4, -0.2) is 18.5 Å². The Kier molecular flexibility index (Phi) is 5.23. The quantitative estimate of drug-likeness (QED) is 0.653. The number of rotatable bonds is 6. The Bertz CT molecular complexity index is 624. The lowest BCUT2D eigenvalue weighted by atomic mass is 10.1. The lowest BCUT2D eigenvalue weighted by molar-refractivity contribution is -0.887. The zero-order valence-electron chi connectivity index (χ0n) is 12.0. The molecule has 0 aliphatic heterocycles. The summed E-state index contributed by atoms with van der Waals surface area (Å²) in [5.74, 6) is 0. The van der Waals surface area contributed by atoms with Crippen molar-refractivity contribution in [3.05, 3.63) is 81.9 Å². The molecule has 0 heterocycles. The number of nitrogens with zero attached hydrogens (tertiary/aromatic N) is 1. The maximum absolute atomic E-state index is 10.9. The van der Waals surface area contributed by atoms with Gasteiger partial charge in [-0.05, 0) is 18.2 Å². The first kappa shape index (κ1) is 14.9. The smallest absolute Gasteiger partial charge is 0.276 e. The second-order valence-corrected chi connectivity index (χ2v) is 5.04.